The molecule has 7 nitrogen and oxygen atoms in total. The van der Waals surface area contributed by atoms with Crippen LogP contribution in [0.1, 0.15) is 19.3 Å². The molecule has 0 fully saturated rings. The summed E-state index contributed by atoms with van der Waals surface area (Å²) >= 11 is 1.26. The molecule has 8 heteroatoms. The third kappa shape index (κ3) is 3.88. The fraction of sp³-hybridized carbons (Fsp3) is 0.238. The van der Waals surface area contributed by atoms with E-state index < -0.39 is 0 Å². The highest BCUT2D eigenvalue weighted by molar-refractivity contribution is 8.03. The Morgan fingerprint density at radius 3 is 2.66 bits per heavy atom. The van der Waals surface area contributed by atoms with E-state index in [4.69, 9.17) is 11.5 Å². The predicted molar refractivity (Wildman–Crippen MR) is 118 cm³/mol. The molecule has 2 aliphatic heterocycles. The van der Waals surface area contributed by atoms with E-state index in [9.17, 15) is 9.90 Å². The minimum atomic E-state index is -0.346. The van der Waals surface area contributed by atoms with Gasteiger partial charge < -0.3 is 27.2 Å². The topological polar surface area (TPSA) is 126 Å². The Morgan fingerprint density at radius 1 is 1.24 bits per heavy atom. The van der Waals surface area contributed by atoms with E-state index in [0.717, 1.165) is 29.9 Å². The number of ketones is 1. The number of hydrogen-bond donors (Lipinski definition) is 5. The molecule has 1 atom stereocenters. The molecule has 7 N–H and O–H groups in total. The first-order valence-electron chi connectivity index (χ1n) is 9.45. The Bertz CT molecular complexity index is 968. The number of hydrogen-bond acceptors (Lipinski definition) is 8. The minimum Gasteiger partial charge on any atom is -0.502 e. The zero-order valence-electron chi connectivity index (χ0n) is 15.8. The fourth-order valence-corrected chi connectivity index (χ4v) is 4.52. The molecule has 4 rings (SSSR count). The number of allylic oxidation sites excluding steroid dienone is 5. The molecule has 29 heavy (non-hydrogen) atoms. The van der Waals surface area contributed by atoms with Crippen LogP contribution in [0.5, 0.6) is 0 Å². The smallest absolute Gasteiger partial charge is 0.161 e. The van der Waals surface area contributed by atoms with Crippen LogP contribution in [0.15, 0.2) is 75.6 Å². The number of aliphatic hydroxyl groups excluding tert-OH is 1. The summed E-state index contributed by atoms with van der Waals surface area (Å²) in [5.74, 6) is 0.0767. The van der Waals surface area contributed by atoms with Crippen LogP contribution < -0.4 is 22.1 Å². The first-order chi connectivity index (χ1) is 14.1. The van der Waals surface area contributed by atoms with E-state index in [-0.39, 0.29) is 22.3 Å². The number of fused-ring (bicyclic) bond motifs is 1. The first-order valence-corrected chi connectivity index (χ1v) is 10.3. The van der Waals surface area contributed by atoms with Gasteiger partial charge in [0.25, 0.3) is 0 Å². The molecule has 0 saturated heterocycles. The summed E-state index contributed by atoms with van der Waals surface area (Å²) in [4.78, 5) is 16.9. The highest BCUT2D eigenvalue weighted by Gasteiger charge is 2.33. The fourth-order valence-electron chi connectivity index (χ4n) is 3.75. The number of para-hydroxylation sites is 2. The van der Waals surface area contributed by atoms with Crippen LogP contribution in [0, 0.1) is 5.92 Å². The van der Waals surface area contributed by atoms with Crippen LogP contribution in [0.4, 0.5) is 11.4 Å². The van der Waals surface area contributed by atoms with Crippen molar-refractivity contribution in [1.82, 2.24) is 0 Å². The van der Waals surface area contributed by atoms with Crippen molar-refractivity contribution in [3.8, 4) is 0 Å². The van der Waals surface area contributed by atoms with E-state index in [1.54, 1.807) is 12.2 Å². The zero-order chi connectivity index (χ0) is 20.4. The normalized spacial score (nSPS) is 23.7. The van der Waals surface area contributed by atoms with Crippen LogP contribution in [-0.4, -0.2) is 22.2 Å². The number of nitrogens with one attached hydrogen (secondary N) is 2. The molecule has 0 saturated carbocycles. The van der Waals surface area contributed by atoms with Gasteiger partial charge in [-0.15, -0.1) is 0 Å². The highest BCUT2D eigenvalue weighted by Crippen LogP contribution is 2.37. The number of aliphatic hydroxyl groups is 1. The second kappa shape index (κ2) is 8.08. The van der Waals surface area contributed by atoms with Crippen molar-refractivity contribution < 1.29 is 9.90 Å². The van der Waals surface area contributed by atoms with Gasteiger partial charge in [0, 0.05) is 29.7 Å². The van der Waals surface area contributed by atoms with Gasteiger partial charge in [0.05, 0.1) is 17.1 Å². The van der Waals surface area contributed by atoms with Crippen LogP contribution in [0.25, 0.3) is 0 Å². The summed E-state index contributed by atoms with van der Waals surface area (Å²) in [5, 5.41) is 17.0. The number of amidine groups is 1. The number of nitrogens with zero attached hydrogens (tertiary/aromatic N) is 1. The molecule has 0 aromatic heterocycles. The van der Waals surface area contributed by atoms with Gasteiger partial charge in [0.15, 0.2) is 16.4 Å². The number of aliphatic imine (C=N–C) groups is 1. The van der Waals surface area contributed by atoms with E-state index in [2.05, 4.69) is 15.6 Å². The molecule has 0 spiro atoms. The quantitative estimate of drug-likeness (QED) is 0.381. The average molecular weight is 410 g/mol. The molecule has 1 aromatic carbocycles. The lowest BCUT2D eigenvalue weighted by atomic mass is 9.79. The monoisotopic (exact) mass is 409 g/mol. The number of anilines is 2. The maximum Gasteiger partial charge on any atom is 0.161 e. The number of benzene rings is 1. The maximum absolute atomic E-state index is 12.5. The first kappa shape index (κ1) is 19.2. The highest BCUT2D eigenvalue weighted by atomic mass is 32.2. The summed E-state index contributed by atoms with van der Waals surface area (Å²) in [6.07, 6.45) is 8.59. The maximum atomic E-state index is 12.5. The number of nitrogens with two attached hydrogens (primary N) is 2. The molecule has 3 aliphatic rings. The number of carbonyl (C=O) groups excluding carboxylic acids is 1. The number of carbonyl (C=O) groups is 1. The van der Waals surface area contributed by atoms with Gasteiger partial charge in [-0.3, -0.25) is 4.79 Å². The number of thioether (sulfide) groups is 1. The van der Waals surface area contributed by atoms with Gasteiger partial charge in [0.2, 0.25) is 0 Å². The van der Waals surface area contributed by atoms with Crippen molar-refractivity contribution in [3.05, 3.63) is 70.6 Å². The second-order valence-corrected chi connectivity index (χ2v) is 8.08. The van der Waals surface area contributed by atoms with Gasteiger partial charge in [-0.1, -0.05) is 24.3 Å². The van der Waals surface area contributed by atoms with Gasteiger partial charge >= 0.3 is 0 Å². The third-order valence-electron chi connectivity index (χ3n) is 5.09. The molecule has 1 unspecified atom stereocenters. The Morgan fingerprint density at radius 2 is 1.97 bits per heavy atom. The van der Waals surface area contributed by atoms with Crippen molar-refractivity contribution >= 4 is 34.8 Å². The van der Waals surface area contributed by atoms with Crippen LogP contribution >= 0.6 is 11.8 Å². The van der Waals surface area contributed by atoms with Gasteiger partial charge in [-0.05, 0) is 42.8 Å². The Balaban J connectivity index is 1.48. The van der Waals surface area contributed by atoms with E-state index in [0.29, 0.717) is 23.4 Å². The van der Waals surface area contributed by atoms with Crippen molar-refractivity contribution in [2.75, 3.05) is 10.6 Å². The molecule has 0 bridgehead atoms. The van der Waals surface area contributed by atoms with E-state index >= 15 is 0 Å². The molecule has 0 radical (unpaired) electrons. The Labute approximate surface area is 173 Å². The van der Waals surface area contributed by atoms with Gasteiger partial charge in [0.1, 0.15) is 5.84 Å². The van der Waals surface area contributed by atoms with Crippen LogP contribution in [0.3, 0.4) is 0 Å². The summed E-state index contributed by atoms with van der Waals surface area (Å²) in [7, 11) is 0. The van der Waals surface area contributed by atoms with Gasteiger partial charge in [-0.25, -0.2) is 4.99 Å². The van der Waals surface area contributed by atoms with Crippen LogP contribution in [0.2, 0.25) is 0 Å². The number of rotatable bonds is 4. The average Bonchev–Trinajstić information content (AvgIpc) is 3.10. The molecule has 150 valence electrons. The lowest BCUT2D eigenvalue weighted by Gasteiger charge is -2.28. The Kier molecular flexibility index (Phi) is 5.35. The minimum absolute atomic E-state index is 0.0798. The molecule has 0 amide bonds. The van der Waals surface area contributed by atoms with Crippen LogP contribution in [-0.2, 0) is 4.79 Å². The summed E-state index contributed by atoms with van der Waals surface area (Å²) in [6.45, 7) is 0. The predicted octanol–water partition coefficient (Wildman–Crippen LogP) is 3.33. The van der Waals surface area contributed by atoms with Gasteiger partial charge in [-0.2, -0.15) is 0 Å². The second-order valence-electron chi connectivity index (χ2n) is 6.96. The molecule has 1 aliphatic carbocycles. The zero-order valence-corrected chi connectivity index (χ0v) is 16.6. The lowest BCUT2D eigenvalue weighted by molar-refractivity contribution is -0.116. The summed E-state index contributed by atoms with van der Waals surface area (Å²) in [5.41, 5.74) is 15.7. The van der Waals surface area contributed by atoms with E-state index in [1.165, 1.54) is 18.0 Å². The molecule has 1 aromatic rings. The van der Waals surface area contributed by atoms with Crippen molar-refractivity contribution in [3.63, 3.8) is 0 Å². The Hall–Kier alpha value is -3.13. The van der Waals surface area contributed by atoms with E-state index in [1.807, 2.05) is 30.3 Å². The SMILES string of the molecule is N/C=C1\C(N)=NC2=C(C(=O)CCC2)C1/C=C/C=C(\O)SC1Nc2ccccc2N1. The molecular formula is C21H23N5O2S. The van der Waals surface area contributed by atoms with Crippen molar-refractivity contribution in [1.29, 1.82) is 0 Å². The van der Waals surface area contributed by atoms with Crippen molar-refractivity contribution in [2.24, 2.45) is 22.4 Å². The molecular weight excluding hydrogens is 386 g/mol. The number of Topliss-reactive ketones (excluding diaryl/α,β-unsaturated/α-hetero) is 1. The summed E-state index contributed by atoms with van der Waals surface area (Å²) < 4.78 is 0. The largest absolute Gasteiger partial charge is 0.502 e. The third-order valence-corrected chi connectivity index (χ3v) is 5.94. The van der Waals surface area contributed by atoms with Crippen molar-refractivity contribution in [2.45, 2.75) is 24.8 Å². The molecule has 2 heterocycles. The standard InChI is InChI=1S/C21H23N5O2S/c22-11-13-12(19-16(24-20(13)23)8-4-9-17(19)27)5-3-10-18(28)29-21-25-14-6-1-2-7-15(14)26-21/h1-3,5-7,10-12,21,25-26,28H,4,8-9,22H2,(H2,23,24)/b5-3+,13-11-,18-10+. The summed E-state index contributed by atoms with van der Waals surface area (Å²) in [6, 6.07) is 7.87. The lowest BCUT2D eigenvalue weighted by Crippen LogP contribution is -2.31.